The minimum absolute atomic E-state index is 0.197. The van der Waals surface area contributed by atoms with Crippen LogP contribution in [-0.2, 0) is 20.9 Å². The van der Waals surface area contributed by atoms with Gasteiger partial charge in [-0.3, -0.25) is 14.5 Å². The van der Waals surface area contributed by atoms with Crippen LogP contribution in [0.2, 0.25) is 0 Å². The number of thioether (sulfide) groups is 1. The van der Waals surface area contributed by atoms with Gasteiger partial charge in [-0.15, -0.1) is 0 Å². The Balaban J connectivity index is 1.80. The number of carbonyl (C=O) groups is 3. The van der Waals surface area contributed by atoms with Crippen molar-refractivity contribution >= 4 is 73.5 Å². The molecule has 0 aromatic heterocycles. The van der Waals surface area contributed by atoms with E-state index in [-0.39, 0.29) is 30.9 Å². The molecule has 3 rings (SSSR count). The Morgan fingerprint density at radius 3 is 2.72 bits per heavy atom. The van der Waals surface area contributed by atoms with Gasteiger partial charge < -0.3 is 14.2 Å². The van der Waals surface area contributed by atoms with E-state index in [0.29, 0.717) is 25.5 Å². The predicted octanol–water partition coefficient (Wildman–Crippen LogP) is 5.24. The van der Waals surface area contributed by atoms with Crippen LogP contribution in [0.25, 0.3) is 6.08 Å². The van der Waals surface area contributed by atoms with Crippen LogP contribution >= 0.6 is 50.3 Å². The number of hydrogen-bond acceptors (Lipinski definition) is 7. The van der Waals surface area contributed by atoms with Crippen LogP contribution in [-0.4, -0.2) is 42.3 Å². The topological polar surface area (TPSA) is 82.1 Å². The van der Waals surface area contributed by atoms with Gasteiger partial charge >= 0.3 is 5.97 Å². The number of halogens is 2. The molecule has 0 spiro atoms. The number of methoxy groups -OCH3 is 1. The maximum atomic E-state index is 12.8. The van der Waals surface area contributed by atoms with Crippen LogP contribution in [0.5, 0.6) is 11.5 Å². The molecule has 1 fully saturated rings. The fourth-order valence-corrected chi connectivity index (χ4v) is 4.97. The number of nitrogens with zero attached hydrogens (tertiary/aromatic N) is 1. The first-order valence-electron chi connectivity index (χ1n) is 9.48. The van der Waals surface area contributed by atoms with E-state index in [0.717, 1.165) is 21.8 Å². The van der Waals surface area contributed by atoms with Crippen molar-refractivity contribution < 1.29 is 28.6 Å². The monoisotopic (exact) mass is 631 g/mol. The molecule has 32 heavy (non-hydrogen) atoms. The van der Waals surface area contributed by atoms with Crippen molar-refractivity contribution in [3.63, 3.8) is 0 Å². The highest BCUT2D eigenvalue weighted by atomic mass is 127. The Labute approximate surface area is 211 Å². The molecule has 1 aliphatic heterocycles. The maximum Gasteiger partial charge on any atom is 0.344 e. The summed E-state index contributed by atoms with van der Waals surface area (Å²) < 4.78 is 17.4. The number of rotatable bonds is 8. The van der Waals surface area contributed by atoms with Crippen LogP contribution in [0, 0.1) is 3.57 Å². The summed E-state index contributed by atoms with van der Waals surface area (Å²) in [5, 5.41) is -0.322. The zero-order chi connectivity index (χ0) is 23.3. The van der Waals surface area contributed by atoms with Crippen LogP contribution in [0.1, 0.15) is 18.1 Å². The second kappa shape index (κ2) is 11.2. The van der Waals surface area contributed by atoms with E-state index in [1.165, 1.54) is 12.0 Å². The summed E-state index contributed by atoms with van der Waals surface area (Å²) >= 11 is 6.35. The lowest BCUT2D eigenvalue weighted by Gasteiger charge is -2.13. The molecule has 0 N–H and O–H groups in total. The molecule has 1 heterocycles. The fraction of sp³-hybridized carbons (Fsp3) is 0.227. The molecular formula is C22H19BrINO6S. The minimum atomic E-state index is -0.478. The zero-order valence-corrected chi connectivity index (χ0v) is 21.8. The van der Waals surface area contributed by atoms with E-state index in [9.17, 15) is 14.4 Å². The van der Waals surface area contributed by atoms with Crippen molar-refractivity contribution in [3.8, 4) is 11.5 Å². The van der Waals surface area contributed by atoms with Crippen molar-refractivity contribution in [2.45, 2.75) is 13.5 Å². The number of hydrogen-bond donors (Lipinski definition) is 0. The molecule has 2 aromatic carbocycles. The van der Waals surface area contributed by atoms with E-state index in [2.05, 4.69) is 38.5 Å². The number of ether oxygens (including phenoxy) is 3. The molecule has 1 saturated heterocycles. The lowest BCUT2D eigenvalue weighted by molar-refractivity contribution is -0.145. The van der Waals surface area contributed by atoms with Gasteiger partial charge in [0, 0.05) is 4.47 Å². The molecule has 0 unspecified atom stereocenters. The van der Waals surface area contributed by atoms with Crippen molar-refractivity contribution in [3.05, 3.63) is 60.5 Å². The van der Waals surface area contributed by atoms with Crippen LogP contribution in [0.15, 0.2) is 45.8 Å². The zero-order valence-electron chi connectivity index (χ0n) is 17.2. The van der Waals surface area contributed by atoms with E-state index < -0.39 is 5.97 Å². The largest absolute Gasteiger partial charge is 0.493 e. The summed E-state index contributed by atoms with van der Waals surface area (Å²) in [5.74, 6) is -0.0213. The Bertz CT molecular complexity index is 1090. The molecule has 0 atom stereocenters. The van der Waals surface area contributed by atoms with Gasteiger partial charge in [0.25, 0.3) is 11.1 Å². The molecule has 2 amide bonds. The summed E-state index contributed by atoms with van der Waals surface area (Å²) in [4.78, 5) is 38.4. The van der Waals surface area contributed by atoms with Crippen LogP contribution < -0.4 is 9.47 Å². The first kappa shape index (κ1) is 24.6. The normalized spacial score (nSPS) is 14.8. The van der Waals surface area contributed by atoms with Crippen molar-refractivity contribution in [2.24, 2.45) is 0 Å². The quantitative estimate of drug-likeness (QED) is 0.224. The maximum absolute atomic E-state index is 12.8. The number of imide groups is 1. The van der Waals surface area contributed by atoms with E-state index >= 15 is 0 Å². The first-order valence-corrected chi connectivity index (χ1v) is 12.2. The molecule has 168 valence electrons. The highest BCUT2D eigenvalue weighted by Gasteiger charge is 2.35. The van der Waals surface area contributed by atoms with Gasteiger partial charge in [0.1, 0.15) is 0 Å². The SMILES string of the molecule is CCOC(=O)COc1c(I)cc(/C=C2/SC(=O)N(Cc3cccc(Br)c3)C2=O)cc1OC. The van der Waals surface area contributed by atoms with Gasteiger partial charge in [-0.25, -0.2) is 4.79 Å². The lowest BCUT2D eigenvalue weighted by Crippen LogP contribution is -2.27. The molecule has 1 aliphatic rings. The second-order valence-electron chi connectivity index (χ2n) is 6.53. The number of benzene rings is 2. The number of amides is 2. The molecule has 0 aliphatic carbocycles. The van der Waals surface area contributed by atoms with Crippen molar-refractivity contribution in [2.75, 3.05) is 20.3 Å². The van der Waals surface area contributed by atoms with Crippen molar-refractivity contribution in [1.29, 1.82) is 0 Å². The van der Waals surface area contributed by atoms with Gasteiger partial charge in [-0.1, -0.05) is 28.1 Å². The Hall–Kier alpha value is -2.05. The summed E-state index contributed by atoms with van der Waals surface area (Å²) in [6.45, 7) is 1.94. The third kappa shape index (κ3) is 6.04. The van der Waals surface area contributed by atoms with Crippen LogP contribution in [0.4, 0.5) is 4.79 Å². The van der Waals surface area contributed by atoms with Gasteiger partial charge in [-0.2, -0.15) is 0 Å². The van der Waals surface area contributed by atoms with Gasteiger partial charge in [0.15, 0.2) is 18.1 Å². The number of esters is 1. The Kier molecular flexibility index (Phi) is 8.60. The predicted molar refractivity (Wildman–Crippen MR) is 133 cm³/mol. The minimum Gasteiger partial charge on any atom is -0.493 e. The van der Waals surface area contributed by atoms with Gasteiger partial charge in [0.2, 0.25) is 0 Å². The average Bonchev–Trinajstić information content (AvgIpc) is 3.00. The molecule has 0 saturated carbocycles. The van der Waals surface area contributed by atoms with E-state index in [4.69, 9.17) is 14.2 Å². The molecule has 0 bridgehead atoms. The first-order chi connectivity index (χ1) is 15.3. The molecule has 2 aromatic rings. The Morgan fingerprint density at radius 1 is 1.25 bits per heavy atom. The standard InChI is InChI=1S/C22H19BrINO6S/c1-3-30-19(26)12-31-20-16(24)8-14(9-17(20)29-2)10-18-21(27)25(22(28)32-18)11-13-5-4-6-15(23)7-13/h4-10H,3,11-12H2,1-2H3/b18-10+. The number of carbonyl (C=O) groups excluding carboxylic acids is 3. The van der Waals surface area contributed by atoms with Gasteiger partial charge in [-0.05, 0) is 82.7 Å². The van der Waals surface area contributed by atoms with E-state index in [1.54, 1.807) is 25.1 Å². The van der Waals surface area contributed by atoms with E-state index in [1.807, 2.05) is 24.3 Å². The highest BCUT2D eigenvalue weighted by molar-refractivity contribution is 14.1. The summed E-state index contributed by atoms with van der Waals surface area (Å²) in [5.41, 5.74) is 1.52. The third-order valence-electron chi connectivity index (χ3n) is 4.29. The second-order valence-corrected chi connectivity index (χ2v) is 9.60. The summed E-state index contributed by atoms with van der Waals surface area (Å²) in [7, 11) is 1.48. The van der Waals surface area contributed by atoms with Gasteiger partial charge in [0.05, 0.1) is 28.7 Å². The lowest BCUT2D eigenvalue weighted by atomic mass is 10.1. The Morgan fingerprint density at radius 2 is 2.03 bits per heavy atom. The molecular weight excluding hydrogens is 613 g/mol. The highest BCUT2D eigenvalue weighted by Crippen LogP contribution is 2.37. The van der Waals surface area contributed by atoms with Crippen LogP contribution in [0.3, 0.4) is 0 Å². The molecule has 10 heteroatoms. The summed E-state index contributed by atoms with van der Waals surface area (Å²) in [6, 6.07) is 10.9. The summed E-state index contributed by atoms with van der Waals surface area (Å²) in [6.07, 6.45) is 1.64. The molecule has 0 radical (unpaired) electrons. The fourth-order valence-electron chi connectivity index (χ4n) is 2.90. The smallest absolute Gasteiger partial charge is 0.344 e. The molecule has 7 nitrogen and oxygen atoms in total. The van der Waals surface area contributed by atoms with Crippen molar-refractivity contribution in [1.82, 2.24) is 4.90 Å². The average molecular weight is 632 g/mol. The third-order valence-corrected chi connectivity index (χ3v) is 6.49.